The minimum Gasteiger partial charge on any atom is -0.508 e. The maximum atomic E-state index is 14.2. The number of fused-ring (bicyclic) bond motifs is 1. The molecule has 0 aliphatic carbocycles. The molecule has 0 spiro atoms. The number of halogens is 3. The highest BCUT2D eigenvalue weighted by molar-refractivity contribution is 6.23. The van der Waals surface area contributed by atoms with E-state index in [1.54, 1.807) is 73.5 Å². The molecule has 7 nitrogen and oxygen atoms in total. The lowest BCUT2D eigenvalue weighted by Crippen LogP contribution is -2.39. The van der Waals surface area contributed by atoms with Crippen molar-refractivity contribution in [3.63, 3.8) is 0 Å². The van der Waals surface area contributed by atoms with Crippen LogP contribution in [0.3, 0.4) is 0 Å². The van der Waals surface area contributed by atoms with Crippen LogP contribution in [-0.2, 0) is 22.8 Å². The van der Waals surface area contributed by atoms with Gasteiger partial charge in [-0.2, -0.15) is 13.2 Å². The smallest absolute Gasteiger partial charge is 0.416 e. The van der Waals surface area contributed by atoms with E-state index in [-0.39, 0.29) is 34.9 Å². The third kappa shape index (κ3) is 4.17. The molecule has 1 aliphatic heterocycles. The predicted octanol–water partition coefficient (Wildman–Crippen LogP) is 5.63. The van der Waals surface area contributed by atoms with Crippen LogP contribution < -0.4 is 9.80 Å². The number of imidazole rings is 1. The maximum absolute atomic E-state index is 14.2. The van der Waals surface area contributed by atoms with Gasteiger partial charge in [0.2, 0.25) is 11.8 Å². The average Bonchev–Trinajstić information content (AvgIpc) is 3.29. The summed E-state index contributed by atoms with van der Waals surface area (Å²) in [4.78, 5) is 34.7. The zero-order chi connectivity index (χ0) is 27.2. The molecule has 5 rings (SSSR count). The van der Waals surface area contributed by atoms with Crippen molar-refractivity contribution in [2.75, 3.05) is 16.3 Å². The zero-order valence-electron chi connectivity index (χ0n) is 20.5. The fourth-order valence-electron chi connectivity index (χ4n) is 4.75. The minimum absolute atomic E-state index is 0.0435. The van der Waals surface area contributed by atoms with Crippen LogP contribution in [0.25, 0.3) is 11.3 Å². The van der Waals surface area contributed by atoms with Crippen LogP contribution in [0, 0.1) is 0 Å². The minimum atomic E-state index is -4.66. The number of phenols is 1. The Kier molecular flexibility index (Phi) is 6.18. The van der Waals surface area contributed by atoms with Crippen LogP contribution in [0.5, 0.6) is 5.75 Å². The number of anilines is 3. The number of aryl methyl sites for hydroxylation is 1. The summed E-state index contributed by atoms with van der Waals surface area (Å²) >= 11 is 0. The van der Waals surface area contributed by atoms with E-state index in [2.05, 4.69) is 4.98 Å². The molecule has 38 heavy (non-hydrogen) atoms. The van der Waals surface area contributed by atoms with Gasteiger partial charge in [-0.15, -0.1) is 0 Å². The molecular formula is C28H23F3N4O3. The fourth-order valence-corrected chi connectivity index (χ4v) is 4.75. The van der Waals surface area contributed by atoms with Crippen molar-refractivity contribution >= 4 is 28.9 Å². The number of likely N-dealkylation sites (N-methyl/N-ethyl adjacent to an activating group) is 1. The van der Waals surface area contributed by atoms with Crippen LogP contribution in [0.1, 0.15) is 24.0 Å². The highest BCUT2D eigenvalue weighted by Gasteiger charge is 2.44. The van der Waals surface area contributed by atoms with Gasteiger partial charge in [0.05, 0.1) is 35.2 Å². The average molecular weight is 521 g/mol. The SMILES string of the molecule is CCN1C(=O)C(c2cc(-c3cncn3C)ccc2O)C(=O)N(c2ccccc2)c2cc(C(F)(F)F)ccc21. The van der Waals surface area contributed by atoms with Crippen LogP contribution in [0.15, 0.2) is 79.3 Å². The lowest BCUT2D eigenvalue weighted by Gasteiger charge is -2.26. The van der Waals surface area contributed by atoms with Crippen molar-refractivity contribution in [3.8, 4) is 17.0 Å². The van der Waals surface area contributed by atoms with E-state index in [1.807, 2.05) is 0 Å². The quantitative estimate of drug-likeness (QED) is 0.354. The normalized spacial score (nSPS) is 16.0. The largest absolute Gasteiger partial charge is 0.508 e. The molecule has 0 bridgehead atoms. The molecule has 1 aliphatic rings. The zero-order valence-corrected chi connectivity index (χ0v) is 20.5. The summed E-state index contributed by atoms with van der Waals surface area (Å²) in [5, 5.41) is 10.9. The van der Waals surface area contributed by atoms with E-state index in [0.717, 1.165) is 17.0 Å². The summed E-state index contributed by atoms with van der Waals surface area (Å²) in [6, 6.07) is 15.7. The van der Waals surface area contributed by atoms with Crippen LogP contribution in [0.2, 0.25) is 0 Å². The molecule has 0 saturated heterocycles. The summed E-state index contributed by atoms with van der Waals surface area (Å²) in [5.41, 5.74) is 0.758. The number of para-hydroxylation sites is 1. The first-order valence-corrected chi connectivity index (χ1v) is 11.8. The first kappa shape index (κ1) is 25.1. The monoisotopic (exact) mass is 520 g/mol. The van der Waals surface area contributed by atoms with Gasteiger partial charge >= 0.3 is 6.18 Å². The molecule has 4 aromatic rings. The molecule has 1 N–H and O–H groups in total. The highest BCUT2D eigenvalue weighted by Crippen LogP contribution is 2.45. The molecule has 3 aromatic carbocycles. The second-order valence-electron chi connectivity index (χ2n) is 8.89. The predicted molar refractivity (Wildman–Crippen MR) is 136 cm³/mol. The van der Waals surface area contributed by atoms with Crippen molar-refractivity contribution in [1.29, 1.82) is 0 Å². The van der Waals surface area contributed by atoms with Crippen molar-refractivity contribution in [2.45, 2.75) is 19.0 Å². The number of benzene rings is 3. The Labute approximate surface area is 216 Å². The van der Waals surface area contributed by atoms with Gasteiger partial charge in [0.25, 0.3) is 0 Å². The summed E-state index contributed by atoms with van der Waals surface area (Å²) < 4.78 is 42.9. The molecule has 0 radical (unpaired) electrons. The summed E-state index contributed by atoms with van der Waals surface area (Å²) in [6.45, 7) is 1.76. The van der Waals surface area contributed by atoms with Gasteiger partial charge in [-0.05, 0) is 55.5 Å². The maximum Gasteiger partial charge on any atom is 0.416 e. The Bertz CT molecular complexity index is 1530. The van der Waals surface area contributed by atoms with Gasteiger partial charge in [-0.1, -0.05) is 18.2 Å². The van der Waals surface area contributed by atoms with Gasteiger partial charge in [-0.3, -0.25) is 14.5 Å². The van der Waals surface area contributed by atoms with Gasteiger partial charge in [0.1, 0.15) is 11.7 Å². The van der Waals surface area contributed by atoms with Gasteiger partial charge in [0, 0.05) is 30.4 Å². The van der Waals surface area contributed by atoms with Gasteiger partial charge in [0.15, 0.2) is 0 Å². The highest BCUT2D eigenvalue weighted by atomic mass is 19.4. The number of amides is 2. The Morgan fingerprint density at radius 3 is 2.32 bits per heavy atom. The van der Waals surface area contributed by atoms with E-state index < -0.39 is 29.5 Å². The fraction of sp³-hybridized carbons (Fsp3) is 0.179. The van der Waals surface area contributed by atoms with Crippen LogP contribution in [-0.4, -0.2) is 33.0 Å². The first-order valence-electron chi connectivity index (χ1n) is 11.8. The van der Waals surface area contributed by atoms with E-state index in [1.165, 1.54) is 17.0 Å². The van der Waals surface area contributed by atoms with Crippen molar-refractivity contribution in [3.05, 3.63) is 90.4 Å². The van der Waals surface area contributed by atoms with E-state index in [9.17, 15) is 27.9 Å². The third-order valence-corrected chi connectivity index (χ3v) is 6.60. The molecule has 0 saturated carbocycles. The molecular weight excluding hydrogens is 497 g/mol. The van der Waals surface area contributed by atoms with Gasteiger partial charge in [-0.25, -0.2) is 4.98 Å². The Morgan fingerprint density at radius 2 is 1.68 bits per heavy atom. The topological polar surface area (TPSA) is 78.7 Å². The number of carbonyl (C=O) groups excluding carboxylic acids is 2. The molecule has 1 aromatic heterocycles. The molecule has 194 valence electrons. The molecule has 1 atom stereocenters. The lowest BCUT2D eigenvalue weighted by molar-refractivity contribution is -0.137. The number of aromatic hydroxyl groups is 1. The summed E-state index contributed by atoms with van der Waals surface area (Å²) in [6.07, 6.45) is -1.46. The standard InChI is InChI=1S/C28H23F3N4O3/c1-3-34-21-11-10-18(28(29,30)31)14-22(21)35(19-7-5-4-6-8-19)27(38)25(26(34)37)20-13-17(9-12-24(20)36)23-15-32-16-33(23)2/h4-16,25,36H,3H2,1-2H3. The molecule has 10 heteroatoms. The van der Waals surface area contributed by atoms with Crippen molar-refractivity contribution in [1.82, 2.24) is 9.55 Å². The van der Waals surface area contributed by atoms with Crippen LogP contribution >= 0.6 is 0 Å². The van der Waals surface area contributed by atoms with Crippen molar-refractivity contribution < 1.29 is 27.9 Å². The number of aromatic nitrogens is 2. The Balaban J connectivity index is 1.76. The molecule has 1 unspecified atom stereocenters. The van der Waals surface area contributed by atoms with Crippen molar-refractivity contribution in [2.24, 2.45) is 7.05 Å². The number of nitrogens with zero attached hydrogens (tertiary/aromatic N) is 4. The number of carbonyl (C=O) groups is 2. The number of alkyl halides is 3. The Morgan fingerprint density at radius 1 is 0.947 bits per heavy atom. The second-order valence-corrected chi connectivity index (χ2v) is 8.89. The van der Waals surface area contributed by atoms with Crippen LogP contribution in [0.4, 0.5) is 30.2 Å². The molecule has 2 amide bonds. The first-order chi connectivity index (χ1) is 18.1. The second kappa shape index (κ2) is 9.37. The molecule has 2 heterocycles. The van der Waals surface area contributed by atoms with E-state index in [0.29, 0.717) is 11.3 Å². The number of hydrogen-bond acceptors (Lipinski definition) is 4. The summed E-state index contributed by atoms with van der Waals surface area (Å²) in [7, 11) is 1.78. The van der Waals surface area contributed by atoms with Gasteiger partial charge < -0.3 is 14.6 Å². The van der Waals surface area contributed by atoms with E-state index >= 15 is 0 Å². The third-order valence-electron chi connectivity index (χ3n) is 6.60. The lowest BCUT2D eigenvalue weighted by atomic mass is 9.92. The summed E-state index contributed by atoms with van der Waals surface area (Å²) in [5.74, 6) is -3.25. The van der Waals surface area contributed by atoms with E-state index in [4.69, 9.17) is 0 Å². The number of rotatable bonds is 4. The Hall–Kier alpha value is -4.60. The molecule has 0 fully saturated rings. The number of phenolic OH excluding ortho intramolecular Hbond substituents is 1. The number of hydrogen-bond donors (Lipinski definition) is 1.